The van der Waals surface area contributed by atoms with Gasteiger partial charge >= 0.3 is 0 Å². The van der Waals surface area contributed by atoms with Crippen LogP contribution in [0.5, 0.6) is 0 Å². The maximum atomic E-state index is 4.65. The molecular weight excluding hydrogens is 434 g/mol. The molecule has 0 unspecified atom stereocenters. The van der Waals surface area contributed by atoms with Gasteiger partial charge in [-0.25, -0.2) is 0 Å². The number of hydrogen-bond donors (Lipinski definition) is 0. The van der Waals surface area contributed by atoms with Crippen molar-refractivity contribution in [1.82, 2.24) is 8.75 Å². The number of benzene rings is 5. The summed E-state index contributed by atoms with van der Waals surface area (Å²) in [7, 11) is 0. The third kappa shape index (κ3) is 3.74. The third-order valence-corrected chi connectivity index (χ3v) is 6.49. The molecule has 0 aliphatic heterocycles. The Morgan fingerprint density at radius 3 is 1.32 bits per heavy atom. The summed E-state index contributed by atoms with van der Waals surface area (Å²) in [6.45, 7) is 0. The first-order valence-corrected chi connectivity index (χ1v) is 11.9. The fourth-order valence-electron chi connectivity index (χ4n) is 4.34. The van der Waals surface area contributed by atoms with Crippen molar-refractivity contribution in [1.29, 1.82) is 0 Å². The predicted octanol–water partition coefficient (Wildman–Crippen LogP) is 8.50. The zero-order chi connectivity index (χ0) is 22.7. The van der Waals surface area contributed by atoms with E-state index in [1.807, 2.05) is 18.2 Å². The molecule has 0 aliphatic carbocycles. The van der Waals surface area contributed by atoms with Crippen molar-refractivity contribution in [3.63, 3.8) is 0 Å². The average molecular weight is 456 g/mol. The van der Waals surface area contributed by atoms with Gasteiger partial charge in [0.2, 0.25) is 0 Å². The van der Waals surface area contributed by atoms with E-state index in [1.165, 1.54) is 11.7 Å². The lowest BCUT2D eigenvalue weighted by Gasteiger charge is -2.25. The Morgan fingerprint density at radius 1 is 0.412 bits per heavy atom. The van der Waals surface area contributed by atoms with Crippen LogP contribution in [0.3, 0.4) is 0 Å². The van der Waals surface area contributed by atoms with E-state index < -0.39 is 0 Å². The number of para-hydroxylation sites is 2. The zero-order valence-electron chi connectivity index (χ0n) is 18.4. The monoisotopic (exact) mass is 455 g/mol. The number of nitrogens with zero attached hydrogens (tertiary/aromatic N) is 3. The maximum absolute atomic E-state index is 4.65. The molecule has 0 saturated heterocycles. The molecule has 162 valence electrons. The molecule has 0 radical (unpaired) electrons. The van der Waals surface area contributed by atoms with E-state index in [2.05, 4.69) is 123 Å². The molecular formula is C30H21N3S. The second-order valence-corrected chi connectivity index (χ2v) is 8.57. The van der Waals surface area contributed by atoms with Crippen LogP contribution in [0.1, 0.15) is 0 Å². The van der Waals surface area contributed by atoms with Crippen LogP contribution in [0.2, 0.25) is 0 Å². The molecule has 1 heterocycles. The highest BCUT2D eigenvalue weighted by Crippen LogP contribution is 2.38. The van der Waals surface area contributed by atoms with Crippen LogP contribution in [0, 0.1) is 0 Å². The molecule has 4 heteroatoms. The number of aromatic nitrogens is 2. The molecule has 6 aromatic rings. The van der Waals surface area contributed by atoms with Crippen molar-refractivity contribution >= 4 is 39.8 Å². The maximum Gasteiger partial charge on any atom is 0.113 e. The normalized spacial score (nSPS) is 10.9. The number of hydrogen-bond acceptors (Lipinski definition) is 4. The van der Waals surface area contributed by atoms with Crippen molar-refractivity contribution in [3.05, 3.63) is 127 Å². The highest BCUT2D eigenvalue weighted by atomic mass is 32.1. The third-order valence-electron chi connectivity index (χ3n) is 5.97. The van der Waals surface area contributed by atoms with Crippen molar-refractivity contribution in [3.8, 4) is 22.3 Å². The van der Waals surface area contributed by atoms with Gasteiger partial charge in [-0.2, -0.15) is 8.75 Å². The standard InChI is InChI=1S/C30H21N3S/c1-4-10-22(11-5-1)27-20-21-28(30-29(27)31-34-32-30)23-16-18-26(19-17-23)33(24-12-6-2-7-13-24)25-14-8-3-9-15-25/h1-21H. The van der Waals surface area contributed by atoms with Gasteiger partial charge in [-0.05, 0) is 47.5 Å². The smallest absolute Gasteiger partial charge is 0.113 e. The lowest BCUT2D eigenvalue weighted by molar-refractivity contribution is 1.28. The fourth-order valence-corrected chi connectivity index (χ4v) is 4.92. The van der Waals surface area contributed by atoms with Crippen LogP contribution in [-0.2, 0) is 0 Å². The minimum absolute atomic E-state index is 0.946. The Labute approximate surface area is 202 Å². The van der Waals surface area contributed by atoms with Gasteiger partial charge in [-0.15, -0.1) is 0 Å². The molecule has 0 N–H and O–H groups in total. The Bertz CT molecular complexity index is 1490. The Kier molecular flexibility index (Phi) is 5.34. The van der Waals surface area contributed by atoms with E-state index in [-0.39, 0.29) is 0 Å². The predicted molar refractivity (Wildman–Crippen MR) is 143 cm³/mol. The first kappa shape index (κ1) is 20.3. The lowest BCUT2D eigenvalue weighted by atomic mass is 9.97. The van der Waals surface area contributed by atoms with Crippen LogP contribution >= 0.6 is 11.7 Å². The van der Waals surface area contributed by atoms with Gasteiger partial charge in [0.25, 0.3) is 0 Å². The van der Waals surface area contributed by atoms with Crippen molar-refractivity contribution in [2.75, 3.05) is 4.90 Å². The Hall–Kier alpha value is -4.28. The van der Waals surface area contributed by atoms with Gasteiger partial charge in [0.1, 0.15) is 11.0 Å². The van der Waals surface area contributed by atoms with E-state index in [1.54, 1.807) is 0 Å². The second-order valence-electron chi connectivity index (χ2n) is 8.04. The largest absolute Gasteiger partial charge is 0.311 e. The summed E-state index contributed by atoms with van der Waals surface area (Å²) in [5.74, 6) is 0. The van der Waals surface area contributed by atoms with Crippen molar-refractivity contribution in [2.45, 2.75) is 0 Å². The first-order valence-electron chi connectivity index (χ1n) is 11.2. The molecule has 0 bridgehead atoms. The quantitative estimate of drug-likeness (QED) is 0.261. The van der Waals surface area contributed by atoms with E-state index in [0.29, 0.717) is 0 Å². The molecule has 0 amide bonds. The van der Waals surface area contributed by atoms with Gasteiger partial charge in [-0.3, -0.25) is 0 Å². The summed E-state index contributed by atoms with van der Waals surface area (Å²) in [5, 5.41) is 0. The molecule has 6 rings (SSSR count). The number of anilines is 3. The van der Waals surface area contributed by atoms with Crippen LogP contribution in [-0.4, -0.2) is 8.75 Å². The minimum atomic E-state index is 0.946. The van der Waals surface area contributed by atoms with E-state index in [9.17, 15) is 0 Å². The number of fused-ring (bicyclic) bond motifs is 1. The van der Waals surface area contributed by atoms with E-state index >= 15 is 0 Å². The highest BCUT2D eigenvalue weighted by molar-refractivity contribution is 7.00. The van der Waals surface area contributed by atoms with Gasteiger partial charge in [0, 0.05) is 28.2 Å². The second kappa shape index (κ2) is 8.93. The van der Waals surface area contributed by atoms with Crippen LogP contribution < -0.4 is 4.90 Å². The van der Waals surface area contributed by atoms with Crippen LogP contribution in [0.15, 0.2) is 127 Å². The Morgan fingerprint density at radius 2 is 0.824 bits per heavy atom. The first-order chi connectivity index (χ1) is 16.9. The topological polar surface area (TPSA) is 29.0 Å². The van der Waals surface area contributed by atoms with Crippen LogP contribution in [0.25, 0.3) is 33.3 Å². The van der Waals surface area contributed by atoms with Gasteiger partial charge in [-0.1, -0.05) is 91.0 Å². The summed E-state index contributed by atoms with van der Waals surface area (Å²) in [5.41, 5.74) is 9.75. The van der Waals surface area contributed by atoms with Crippen molar-refractivity contribution in [2.24, 2.45) is 0 Å². The van der Waals surface area contributed by atoms with E-state index in [0.717, 1.165) is 50.3 Å². The summed E-state index contributed by atoms with van der Waals surface area (Å²) in [6.07, 6.45) is 0. The Balaban J connectivity index is 1.41. The summed E-state index contributed by atoms with van der Waals surface area (Å²) >= 11 is 1.26. The summed E-state index contributed by atoms with van der Waals surface area (Å²) in [6, 6.07) is 44.3. The molecule has 0 spiro atoms. The molecule has 0 aliphatic rings. The van der Waals surface area contributed by atoms with Gasteiger partial charge in [0.05, 0.1) is 11.7 Å². The fraction of sp³-hybridized carbons (Fsp3) is 0. The average Bonchev–Trinajstić information content (AvgIpc) is 3.41. The molecule has 3 nitrogen and oxygen atoms in total. The summed E-state index contributed by atoms with van der Waals surface area (Å²) in [4.78, 5) is 2.27. The van der Waals surface area contributed by atoms with Crippen LogP contribution in [0.4, 0.5) is 17.1 Å². The van der Waals surface area contributed by atoms with Gasteiger partial charge < -0.3 is 4.90 Å². The SMILES string of the molecule is c1ccc(-c2ccc(-c3ccc(N(c4ccccc4)c4ccccc4)cc3)c3nsnc23)cc1. The molecule has 1 aromatic heterocycles. The van der Waals surface area contributed by atoms with Gasteiger partial charge in [0.15, 0.2) is 0 Å². The molecule has 5 aromatic carbocycles. The number of rotatable bonds is 5. The molecule has 0 atom stereocenters. The zero-order valence-corrected chi connectivity index (χ0v) is 19.2. The highest BCUT2D eigenvalue weighted by Gasteiger charge is 2.15. The van der Waals surface area contributed by atoms with Crippen molar-refractivity contribution < 1.29 is 0 Å². The molecule has 0 saturated carbocycles. The van der Waals surface area contributed by atoms with E-state index in [4.69, 9.17) is 0 Å². The molecule has 0 fully saturated rings. The summed E-state index contributed by atoms with van der Waals surface area (Å²) < 4.78 is 9.28. The lowest BCUT2D eigenvalue weighted by Crippen LogP contribution is -2.09. The minimum Gasteiger partial charge on any atom is -0.311 e. The molecule has 34 heavy (non-hydrogen) atoms.